The molecule has 1 aliphatic rings. The molecule has 1 aliphatic heterocycles. The second kappa shape index (κ2) is 8.78. The van der Waals surface area contributed by atoms with E-state index < -0.39 is 0 Å². The van der Waals surface area contributed by atoms with E-state index in [4.69, 9.17) is 0 Å². The lowest BCUT2D eigenvalue weighted by atomic mass is 10.0. The van der Waals surface area contributed by atoms with Gasteiger partial charge in [0.05, 0.1) is 0 Å². The molecule has 0 aliphatic carbocycles. The molecule has 128 valence electrons. The maximum Gasteiger partial charge on any atom is 0.225 e. The Balaban J connectivity index is 1.50. The highest BCUT2D eigenvalue weighted by Crippen LogP contribution is 2.15. The van der Waals surface area contributed by atoms with Gasteiger partial charge in [0.15, 0.2) is 0 Å². The Morgan fingerprint density at radius 3 is 2.42 bits per heavy atom. The first-order chi connectivity index (χ1) is 11.8. The number of anilines is 1. The Kier molecular flexibility index (Phi) is 6.19. The van der Waals surface area contributed by atoms with Crippen LogP contribution >= 0.6 is 0 Å². The summed E-state index contributed by atoms with van der Waals surface area (Å²) in [4.78, 5) is 13.5. The molecule has 1 aromatic carbocycles. The predicted octanol–water partition coefficient (Wildman–Crippen LogP) is 3.53. The smallest absolute Gasteiger partial charge is 0.225 e. The normalized spacial score (nSPS) is 15.6. The molecule has 0 bridgehead atoms. The first-order valence-electron chi connectivity index (χ1n) is 9.17. The number of aryl methyl sites for hydroxylation is 1. The summed E-state index contributed by atoms with van der Waals surface area (Å²) in [6, 6.07) is 11.0. The molecule has 24 heavy (non-hydrogen) atoms. The highest BCUT2D eigenvalue weighted by atomic mass is 15.3. The van der Waals surface area contributed by atoms with Crippen LogP contribution < -0.4 is 4.90 Å². The van der Waals surface area contributed by atoms with Crippen LogP contribution in [-0.2, 0) is 13.0 Å². The van der Waals surface area contributed by atoms with Crippen LogP contribution in [0.15, 0.2) is 42.7 Å². The zero-order valence-corrected chi connectivity index (χ0v) is 14.7. The van der Waals surface area contributed by atoms with E-state index in [2.05, 4.69) is 51.0 Å². The van der Waals surface area contributed by atoms with Crippen molar-refractivity contribution in [3.8, 4) is 0 Å². The van der Waals surface area contributed by atoms with Crippen LogP contribution in [0.4, 0.5) is 5.95 Å². The third-order valence-corrected chi connectivity index (χ3v) is 4.67. The summed E-state index contributed by atoms with van der Waals surface area (Å²) in [6.07, 6.45) is 8.76. The zero-order valence-electron chi connectivity index (χ0n) is 14.7. The summed E-state index contributed by atoms with van der Waals surface area (Å²) in [6.45, 7) is 7.44. The number of rotatable bonds is 7. The molecule has 0 radical (unpaired) electrons. The fraction of sp³-hybridized carbons (Fsp3) is 0.500. The molecule has 0 saturated carbocycles. The summed E-state index contributed by atoms with van der Waals surface area (Å²) in [7, 11) is 0. The Morgan fingerprint density at radius 2 is 1.67 bits per heavy atom. The van der Waals surface area contributed by atoms with Gasteiger partial charge in [-0.15, -0.1) is 0 Å². The number of hydrogen-bond donors (Lipinski definition) is 0. The molecule has 0 atom stereocenters. The van der Waals surface area contributed by atoms with E-state index >= 15 is 0 Å². The highest BCUT2D eigenvalue weighted by molar-refractivity contribution is 5.29. The Hall–Kier alpha value is -1.94. The molecule has 0 unspecified atom stereocenters. The maximum absolute atomic E-state index is 4.35. The molecule has 1 saturated heterocycles. The topological polar surface area (TPSA) is 32.3 Å². The third-order valence-electron chi connectivity index (χ3n) is 4.67. The van der Waals surface area contributed by atoms with Crippen LogP contribution in [0.25, 0.3) is 0 Å². The Labute approximate surface area is 145 Å². The molecule has 0 amide bonds. The average molecular weight is 324 g/mol. The predicted molar refractivity (Wildman–Crippen MR) is 99.2 cm³/mol. The van der Waals surface area contributed by atoms with E-state index in [1.807, 2.05) is 18.5 Å². The first kappa shape index (κ1) is 16.9. The minimum atomic E-state index is 0.857. The van der Waals surface area contributed by atoms with E-state index in [1.165, 1.54) is 36.8 Å². The number of unbranched alkanes of at least 4 members (excludes halogenated alkanes) is 2. The average Bonchev–Trinajstić information content (AvgIpc) is 2.64. The van der Waals surface area contributed by atoms with Gasteiger partial charge in [-0.2, -0.15) is 0 Å². The van der Waals surface area contributed by atoms with Crippen LogP contribution in [0.1, 0.15) is 37.3 Å². The molecular weight excluding hydrogens is 296 g/mol. The van der Waals surface area contributed by atoms with Crippen LogP contribution in [0.2, 0.25) is 0 Å². The van der Waals surface area contributed by atoms with Gasteiger partial charge >= 0.3 is 0 Å². The number of benzene rings is 1. The van der Waals surface area contributed by atoms with Crippen molar-refractivity contribution in [2.24, 2.45) is 0 Å². The maximum atomic E-state index is 4.35. The van der Waals surface area contributed by atoms with Gasteiger partial charge in [-0.25, -0.2) is 9.97 Å². The van der Waals surface area contributed by atoms with Gasteiger partial charge < -0.3 is 4.90 Å². The van der Waals surface area contributed by atoms with E-state index in [0.717, 1.165) is 38.7 Å². The van der Waals surface area contributed by atoms with Crippen LogP contribution in [0.5, 0.6) is 0 Å². The fourth-order valence-electron chi connectivity index (χ4n) is 3.28. The van der Waals surface area contributed by atoms with E-state index in [1.54, 1.807) is 0 Å². The van der Waals surface area contributed by atoms with Crippen LogP contribution in [-0.4, -0.2) is 41.0 Å². The van der Waals surface area contributed by atoms with Gasteiger partial charge in [-0.1, -0.05) is 44.0 Å². The fourth-order valence-corrected chi connectivity index (χ4v) is 3.28. The lowest BCUT2D eigenvalue weighted by Gasteiger charge is -2.34. The molecule has 2 aromatic rings. The summed E-state index contributed by atoms with van der Waals surface area (Å²) in [5.41, 5.74) is 2.92. The minimum Gasteiger partial charge on any atom is -0.338 e. The molecular formula is C20H28N4. The van der Waals surface area contributed by atoms with Gasteiger partial charge in [-0.05, 0) is 30.0 Å². The molecule has 0 N–H and O–H groups in total. The lowest BCUT2D eigenvalue weighted by molar-refractivity contribution is 0.248. The van der Waals surface area contributed by atoms with Crippen molar-refractivity contribution in [2.45, 2.75) is 39.2 Å². The van der Waals surface area contributed by atoms with Crippen LogP contribution in [0.3, 0.4) is 0 Å². The van der Waals surface area contributed by atoms with Crippen molar-refractivity contribution in [3.05, 3.63) is 53.9 Å². The second-order valence-corrected chi connectivity index (χ2v) is 6.59. The van der Waals surface area contributed by atoms with Gasteiger partial charge in [0.25, 0.3) is 0 Å². The minimum absolute atomic E-state index is 0.857. The van der Waals surface area contributed by atoms with E-state index in [9.17, 15) is 0 Å². The van der Waals surface area contributed by atoms with Crippen molar-refractivity contribution in [1.82, 2.24) is 14.9 Å². The summed E-state index contributed by atoms with van der Waals surface area (Å²) in [5.74, 6) is 0.857. The van der Waals surface area contributed by atoms with Crippen molar-refractivity contribution in [3.63, 3.8) is 0 Å². The molecule has 3 rings (SSSR count). The number of hydrogen-bond acceptors (Lipinski definition) is 4. The largest absolute Gasteiger partial charge is 0.338 e. The summed E-state index contributed by atoms with van der Waals surface area (Å²) in [5, 5.41) is 0. The van der Waals surface area contributed by atoms with Crippen LogP contribution in [0, 0.1) is 0 Å². The molecule has 2 heterocycles. The SMILES string of the molecule is CCCCCc1cccc(CN2CCN(c3ncccn3)CC2)c1. The van der Waals surface area contributed by atoms with Crippen molar-refractivity contribution < 1.29 is 0 Å². The Morgan fingerprint density at radius 1 is 0.917 bits per heavy atom. The zero-order chi connectivity index (χ0) is 16.6. The summed E-state index contributed by atoms with van der Waals surface area (Å²) >= 11 is 0. The third kappa shape index (κ3) is 4.78. The highest BCUT2D eigenvalue weighted by Gasteiger charge is 2.18. The van der Waals surface area contributed by atoms with E-state index in [-0.39, 0.29) is 0 Å². The lowest BCUT2D eigenvalue weighted by Crippen LogP contribution is -2.46. The first-order valence-corrected chi connectivity index (χ1v) is 9.17. The monoisotopic (exact) mass is 324 g/mol. The van der Waals surface area contributed by atoms with Crippen molar-refractivity contribution >= 4 is 5.95 Å². The Bertz CT molecular complexity index is 606. The molecule has 4 heteroatoms. The van der Waals surface area contributed by atoms with Crippen molar-refractivity contribution in [1.29, 1.82) is 0 Å². The molecule has 1 fully saturated rings. The number of nitrogens with zero attached hydrogens (tertiary/aromatic N) is 4. The van der Waals surface area contributed by atoms with Crippen molar-refractivity contribution in [2.75, 3.05) is 31.1 Å². The standard InChI is InChI=1S/C20H28N4/c1-2-3-4-7-18-8-5-9-19(16-18)17-23-12-14-24(15-13-23)20-21-10-6-11-22-20/h5-6,8-11,16H,2-4,7,12-15,17H2,1H3. The second-order valence-electron chi connectivity index (χ2n) is 6.59. The van der Waals surface area contributed by atoms with Gasteiger partial charge in [0.1, 0.15) is 0 Å². The number of aromatic nitrogens is 2. The summed E-state index contributed by atoms with van der Waals surface area (Å²) < 4.78 is 0. The van der Waals surface area contributed by atoms with Gasteiger partial charge in [0, 0.05) is 45.1 Å². The number of piperazine rings is 1. The quantitative estimate of drug-likeness (QED) is 0.729. The molecule has 1 aromatic heterocycles. The van der Waals surface area contributed by atoms with Gasteiger partial charge in [-0.3, -0.25) is 4.90 Å². The molecule has 0 spiro atoms. The van der Waals surface area contributed by atoms with Gasteiger partial charge in [0.2, 0.25) is 5.95 Å². The molecule has 4 nitrogen and oxygen atoms in total. The van der Waals surface area contributed by atoms with E-state index in [0.29, 0.717) is 0 Å².